The molecule has 0 saturated heterocycles. The maximum absolute atomic E-state index is 6.93. The number of benzene rings is 4. The Kier molecular flexibility index (Phi) is 15.8. The number of hydrogen-bond acceptors (Lipinski definition) is 2. The molecule has 0 amide bonds. The van der Waals surface area contributed by atoms with Crippen molar-refractivity contribution in [3.8, 4) is 44.5 Å². The molecule has 0 saturated carbocycles. The Balaban J connectivity index is 0.00000171. The van der Waals surface area contributed by atoms with Gasteiger partial charge in [0.15, 0.2) is 0 Å². The maximum atomic E-state index is 6.93. The third-order valence-electron chi connectivity index (χ3n) is 9.46. The van der Waals surface area contributed by atoms with Gasteiger partial charge in [-0.1, -0.05) is 141 Å². The van der Waals surface area contributed by atoms with Gasteiger partial charge in [-0.3, -0.25) is 0 Å². The summed E-state index contributed by atoms with van der Waals surface area (Å²) in [6.45, 7) is 0. The van der Waals surface area contributed by atoms with E-state index in [2.05, 4.69) is 0 Å². The fraction of sp³-hybridized carbons (Fsp3) is 0. The average molecular weight is 1050 g/mol. The van der Waals surface area contributed by atoms with Crippen molar-refractivity contribution in [2.24, 2.45) is 0 Å². The first-order valence-corrected chi connectivity index (χ1v) is 19.9. The summed E-state index contributed by atoms with van der Waals surface area (Å²) < 4.78 is 0. The van der Waals surface area contributed by atoms with Gasteiger partial charge in [-0.15, -0.1) is 22.1 Å². The van der Waals surface area contributed by atoms with Crippen molar-refractivity contribution in [3.63, 3.8) is 0 Å². The number of rotatable bonds is 4. The molecule has 3 aromatic heterocycles. The van der Waals surface area contributed by atoms with Crippen LogP contribution in [0.25, 0.3) is 90.9 Å². The van der Waals surface area contributed by atoms with Crippen LogP contribution >= 0.6 is 92.8 Å². The summed E-state index contributed by atoms with van der Waals surface area (Å²) in [5.41, 5.74) is 8.93. The van der Waals surface area contributed by atoms with Crippen LogP contribution in [0.1, 0.15) is 22.8 Å². The number of nitrogens with zero attached hydrogens (tertiary/aromatic N) is 4. The Morgan fingerprint density at radius 1 is 0.283 bits per heavy atom. The molecule has 302 valence electrons. The predicted octanol–water partition coefficient (Wildman–Crippen LogP) is 6.82. The van der Waals surface area contributed by atoms with Crippen molar-refractivity contribution >= 4 is 139 Å². The van der Waals surface area contributed by atoms with Crippen LogP contribution in [-0.2, 0) is 17.1 Å². The summed E-state index contributed by atoms with van der Waals surface area (Å²) >= 11 is 55.4. The molecule has 0 N–H and O–H groups in total. The number of aromatic nitrogens is 4. The topological polar surface area (TPSA) is 54.0 Å². The van der Waals surface area contributed by atoms with E-state index in [1.54, 1.807) is 72.8 Å². The van der Waals surface area contributed by atoms with Crippen molar-refractivity contribution in [2.45, 2.75) is 0 Å². The van der Waals surface area contributed by atoms with Gasteiger partial charge < -0.3 is 47.2 Å². The molecule has 0 fully saturated rings. The Bertz CT molecular complexity index is 2570. The molecule has 2 aliphatic heterocycles. The molecule has 9 rings (SSSR count). The zero-order valence-electron chi connectivity index (χ0n) is 29.9. The van der Waals surface area contributed by atoms with E-state index in [-0.39, 0.29) is 54.3 Å². The van der Waals surface area contributed by atoms with Crippen molar-refractivity contribution in [1.29, 1.82) is 0 Å². The second-order valence-electron chi connectivity index (χ2n) is 12.7. The first-order chi connectivity index (χ1) is 27.1. The summed E-state index contributed by atoms with van der Waals surface area (Å²) in [5, 5.41) is 3.32. The molecule has 0 aliphatic carbocycles. The minimum atomic E-state index is 0. The maximum Gasteiger partial charge on any atom is 3.00 e. The third kappa shape index (κ3) is 8.61. The van der Waals surface area contributed by atoms with E-state index in [0.29, 0.717) is 130 Å². The average Bonchev–Trinajstić information content (AvgIpc) is 4.00. The van der Waals surface area contributed by atoms with Crippen LogP contribution in [0.2, 0.25) is 40.2 Å². The Hall–Kier alpha value is -2.81. The van der Waals surface area contributed by atoms with Crippen molar-refractivity contribution in [1.82, 2.24) is 19.9 Å². The standard InChI is InChI=1S/C44H20Cl8N4.3ClH.Mn/c45-21-5-1-6-22(46)37(21)41-29-13-15-31(53-29)42(38-23(47)7-2-8-24(38)48)33-17-19-35(55-33)44(40-27(51)11-4-12-28(40)52)36-20-18-34(56-36)43(32-16-14-30(41)54-32)39-25(49)9-3-10-26(39)50;;;;/h1-20H;3*1H;/q-2;;;;+3/p-3. The largest absolute Gasteiger partial charge is 3.00 e. The number of hydrogen-bond donors (Lipinski definition) is 0. The quantitative estimate of drug-likeness (QED) is 0.182. The second-order valence-corrected chi connectivity index (χ2v) is 16.0. The van der Waals surface area contributed by atoms with E-state index >= 15 is 0 Å². The summed E-state index contributed by atoms with van der Waals surface area (Å²) in [6.07, 6.45) is 7.53. The first kappa shape index (κ1) is 48.2. The molecule has 8 bridgehead atoms. The fourth-order valence-corrected chi connectivity index (χ4v) is 9.40. The molecule has 2 aliphatic rings. The van der Waals surface area contributed by atoms with Crippen LogP contribution in [0.3, 0.4) is 0 Å². The van der Waals surface area contributed by atoms with E-state index in [1.165, 1.54) is 0 Å². The van der Waals surface area contributed by atoms with Crippen LogP contribution in [0, 0.1) is 0 Å². The van der Waals surface area contributed by atoms with Gasteiger partial charge in [0, 0.05) is 62.4 Å². The second kappa shape index (κ2) is 19.7. The summed E-state index contributed by atoms with van der Waals surface area (Å²) in [7, 11) is 0. The van der Waals surface area contributed by atoms with Gasteiger partial charge in [0.1, 0.15) is 0 Å². The molecule has 4 aromatic carbocycles. The summed E-state index contributed by atoms with van der Waals surface area (Å²) in [4.78, 5) is 20.8. The van der Waals surface area contributed by atoms with E-state index in [1.807, 2.05) is 48.6 Å². The Labute approximate surface area is 414 Å². The normalized spacial score (nSPS) is 11.3. The molecule has 7 aromatic rings. The predicted molar refractivity (Wildman–Crippen MR) is 239 cm³/mol. The van der Waals surface area contributed by atoms with E-state index in [4.69, 9.17) is 113 Å². The van der Waals surface area contributed by atoms with E-state index in [0.717, 1.165) is 0 Å². The molecule has 0 atom stereocenters. The van der Waals surface area contributed by atoms with Crippen LogP contribution in [0.15, 0.2) is 97.1 Å². The third-order valence-corrected chi connectivity index (χ3v) is 12.0. The monoisotopic (exact) mass is 1040 g/mol. The Morgan fingerprint density at radius 2 is 0.467 bits per heavy atom. The summed E-state index contributed by atoms with van der Waals surface area (Å²) in [5.74, 6) is 0. The van der Waals surface area contributed by atoms with Gasteiger partial charge in [-0.05, 0) is 95.1 Å². The Morgan fingerprint density at radius 3 is 0.650 bits per heavy atom. The van der Waals surface area contributed by atoms with Crippen LogP contribution < -0.4 is 47.2 Å². The van der Waals surface area contributed by atoms with Gasteiger partial charge in [-0.25, -0.2) is 9.97 Å². The molecule has 16 heteroatoms. The number of fused-ring (bicyclic) bond motifs is 8. The van der Waals surface area contributed by atoms with E-state index < -0.39 is 0 Å². The van der Waals surface area contributed by atoms with Crippen molar-refractivity contribution in [3.05, 3.63) is 160 Å². The zero-order chi connectivity index (χ0) is 38.8. The minimum Gasteiger partial charge on any atom is -1.00 e. The van der Waals surface area contributed by atoms with Crippen molar-refractivity contribution < 1.29 is 54.3 Å². The SMILES string of the molecule is Clc1cccc(Cl)c1-c1c2nc(c(-c3c(Cl)cccc3Cl)c3ccc([n-]3)c(-c3c(Cl)cccc3Cl)c3nc(c(-c4c(Cl)cccc4Cl)c4ccc1[n-]4)C=C3)C=C2.[Cl-].[Cl-].[Cl-].[Mn+3]. The molecule has 5 heterocycles. The van der Waals surface area contributed by atoms with Gasteiger partial charge in [-0.2, -0.15) is 0 Å². The molecular formula is C44H20Cl11MnN4-2. The molecule has 4 nitrogen and oxygen atoms in total. The van der Waals surface area contributed by atoms with Gasteiger partial charge in [0.2, 0.25) is 0 Å². The first-order valence-electron chi connectivity index (χ1n) is 16.9. The smallest absolute Gasteiger partial charge is 1.00 e. The van der Waals surface area contributed by atoms with Crippen LogP contribution in [0.4, 0.5) is 0 Å². The molecular weight excluding hydrogens is 1030 g/mol. The molecule has 0 unspecified atom stereocenters. The van der Waals surface area contributed by atoms with Gasteiger partial charge in [0.25, 0.3) is 0 Å². The number of halogens is 11. The summed E-state index contributed by atoms with van der Waals surface area (Å²) in [6, 6.07) is 28.8. The fourth-order valence-electron chi connectivity index (χ4n) is 7.06. The van der Waals surface area contributed by atoms with Crippen LogP contribution in [-0.4, -0.2) is 9.97 Å². The van der Waals surface area contributed by atoms with E-state index in [9.17, 15) is 0 Å². The van der Waals surface area contributed by atoms with Gasteiger partial charge >= 0.3 is 17.1 Å². The minimum absolute atomic E-state index is 0. The molecule has 0 spiro atoms. The van der Waals surface area contributed by atoms with Gasteiger partial charge in [0.05, 0.1) is 22.8 Å². The zero-order valence-corrected chi connectivity index (χ0v) is 39.4. The van der Waals surface area contributed by atoms with Crippen LogP contribution in [0.5, 0.6) is 0 Å². The molecule has 60 heavy (non-hydrogen) atoms. The molecule has 0 radical (unpaired) electrons. The van der Waals surface area contributed by atoms with Crippen molar-refractivity contribution in [2.75, 3.05) is 0 Å².